The fraction of sp³-hybridized carbons (Fsp3) is 0.143. The molecule has 4 rings (SSSR count). The summed E-state index contributed by atoms with van der Waals surface area (Å²) in [5, 5.41) is 10.2. The molecule has 0 bridgehead atoms. The van der Waals surface area contributed by atoms with E-state index in [2.05, 4.69) is 72.9 Å². The van der Waals surface area contributed by atoms with Crippen molar-refractivity contribution < 1.29 is 19.1 Å². The molecule has 0 radical (unpaired) electrons. The average Bonchev–Trinajstić information content (AvgIpc) is 3.38. The lowest BCUT2D eigenvalue weighted by molar-refractivity contribution is -0.145. The standard InChI is InChI=1S/C28H24I2N4O4S/c1-3-37-25(35)15-38-26-22(29)12-18(13-23(26)30)14-31-34-27(36)20-8-6-19(7-9-20)24-16-39-28(33-24)32-21-10-4-17(2)5-11-21/h4-14,16H,3,15H2,1-2H3,(H,32,33)(H,34,36)/b31-14-. The van der Waals surface area contributed by atoms with Crippen LogP contribution in [0.4, 0.5) is 10.8 Å². The maximum absolute atomic E-state index is 12.6. The molecule has 39 heavy (non-hydrogen) atoms. The van der Waals surface area contributed by atoms with Crippen molar-refractivity contribution in [1.82, 2.24) is 10.4 Å². The molecule has 3 aromatic carbocycles. The summed E-state index contributed by atoms with van der Waals surface area (Å²) in [4.78, 5) is 28.8. The Kier molecular flexibility index (Phi) is 10.3. The lowest BCUT2D eigenvalue weighted by Crippen LogP contribution is -2.17. The summed E-state index contributed by atoms with van der Waals surface area (Å²) in [5.74, 6) is -0.141. The van der Waals surface area contributed by atoms with Gasteiger partial charge in [-0.25, -0.2) is 15.2 Å². The molecule has 0 atom stereocenters. The minimum atomic E-state index is -0.419. The van der Waals surface area contributed by atoms with Crippen LogP contribution in [0, 0.1) is 14.1 Å². The molecule has 1 heterocycles. The van der Waals surface area contributed by atoms with E-state index >= 15 is 0 Å². The van der Waals surface area contributed by atoms with E-state index in [4.69, 9.17) is 9.47 Å². The van der Waals surface area contributed by atoms with Gasteiger partial charge >= 0.3 is 5.97 Å². The maximum Gasteiger partial charge on any atom is 0.344 e. The maximum atomic E-state index is 12.6. The molecule has 200 valence electrons. The van der Waals surface area contributed by atoms with Crippen molar-refractivity contribution in [2.24, 2.45) is 5.10 Å². The van der Waals surface area contributed by atoms with Crippen molar-refractivity contribution in [3.63, 3.8) is 0 Å². The third-order valence-electron chi connectivity index (χ3n) is 5.29. The number of thiazole rings is 1. The van der Waals surface area contributed by atoms with Gasteiger partial charge in [0.25, 0.3) is 5.91 Å². The molecule has 0 aliphatic carbocycles. The van der Waals surface area contributed by atoms with Gasteiger partial charge in [0, 0.05) is 22.2 Å². The van der Waals surface area contributed by atoms with E-state index in [1.165, 1.54) is 16.9 Å². The quantitative estimate of drug-likeness (QED) is 0.0800. The number of halogens is 2. The van der Waals surface area contributed by atoms with Crippen molar-refractivity contribution in [2.45, 2.75) is 13.8 Å². The van der Waals surface area contributed by atoms with Gasteiger partial charge in [-0.15, -0.1) is 11.3 Å². The Labute approximate surface area is 257 Å². The molecule has 8 nitrogen and oxygen atoms in total. The van der Waals surface area contributed by atoms with Crippen LogP contribution in [0.3, 0.4) is 0 Å². The number of benzene rings is 3. The summed E-state index contributed by atoms with van der Waals surface area (Å²) < 4.78 is 12.1. The van der Waals surface area contributed by atoms with Crippen LogP contribution in [-0.4, -0.2) is 36.3 Å². The third-order valence-corrected chi connectivity index (χ3v) is 7.65. The monoisotopic (exact) mass is 766 g/mol. The van der Waals surface area contributed by atoms with Crippen LogP contribution in [-0.2, 0) is 9.53 Å². The van der Waals surface area contributed by atoms with Crippen molar-refractivity contribution >= 4 is 85.4 Å². The SMILES string of the molecule is CCOC(=O)COc1c(I)cc(/C=N\NC(=O)c2ccc(-c3csc(Nc4ccc(C)cc4)n3)cc2)cc1I. The topological polar surface area (TPSA) is 102 Å². The molecular formula is C28H24I2N4O4S. The lowest BCUT2D eigenvalue weighted by atomic mass is 10.1. The van der Waals surface area contributed by atoms with Crippen LogP contribution in [0.25, 0.3) is 11.3 Å². The van der Waals surface area contributed by atoms with Crippen LogP contribution in [0.2, 0.25) is 0 Å². The Morgan fingerprint density at radius 2 is 1.74 bits per heavy atom. The number of ether oxygens (including phenoxy) is 2. The second kappa shape index (κ2) is 13.8. The normalized spacial score (nSPS) is 10.9. The summed E-state index contributed by atoms with van der Waals surface area (Å²) >= 11 is 5.78. The predicted molar refractivity (Wildman–Crippen MR) is 171 cm³/mol. The number of anilines is 2. The molecule has 0 saturated carbocycles. The van der Waals surface area contributed by atoms with Gasteiger partial charge in [0.1, 0.15) is 5.75 Å². The van der Waals surface area contributed by atoms with Gasteiger partial charge in [-0.1, -0.05) is 29.8 Å². The zero-order valence-corrected chi connectivity index (χ0v) is 26.2. The molecule has 0 fully saturated rings. The first-order valence-electron chi connectivity index (χ1n) is 11.8. The Morgan fingerprint density at radius 3 is 2.41 bits per heavy atom. The van der Waals surface area contributed by atoms with Crippen LogP contribution in [0.5, 0.6) is 5.75 Å². The summed E-state index contributed by atoms with van der Waals surface area (Å²) in [6.45, 7) is 3.95. The highest BCUT2D eigenvalue weighted by Crippen LogP contribution is 2.29. The molecular weight excluding hydrogens is 742 g/mol. The molecule has 2 N–H and O–H groups in total. The van der Waals surface area contributed by atoms with Gasteiger partial charge in [-0.05, 0) is 101 Å². The van der Waals surface area contributed by atoms with Crippen molar-refractivity contribution in [3.05, 3.63) is 89.9 Å². The van der Waals surface area contributed by atoms with E-state index in [0.717, 1.165) is 34.8 Å². The number of esters is 1. The Hall–Kier alpha value is -3.04. The first kappa shape index (κ1) is 29.0. The van der Waals surface area contributed by atoms with E-state index in [0.29, 0.717) is 17.9 Å². The number of hydrogen-bond donors (Lipinski definition) is 2. The van der Waals surface area contributed by atoms with E-state index in [-0.39, 0.29) is 12.5 Å². The summed E-state index contributed by atoms with van der Waals surface area (Å²) in [6, 6.07) is 19.1. The van der Waals surface area contributed by atoms with Crippen molar-refractivity contribution in [2.75, 3.05) is 18.5 Å². The van der Waals surface area contributed by atoms with E-state index in [9.17, 15) is 9.59 Å². The van der Waals surface area contributed by atoms with Crippen LogP contribution >= 0.6 is 56.5 Å². The molecule has 0 unspecified atom stereocenters. The molecule has 1 amide bonds. The van der Waals surface area contributed by atoms with Gasteiger partial charge < -0.3 is 14.8 Å². The highest BCUT2D eigenvalue weighted by atomic mass is 127. The minimum Gasteiger partial charge on any atom is -0.480 e. The van der Waals surface area contributed by atoms with Crippen LogP contribution in [0.1, 0.15) is 28.4 Å². The second-order valence-electron chi connectivity index (χ2n) is 8.21. The average molecular weight is 766 g/mol. The molecule has 0 saturated heterocycles. The summed E-state index contributed by atoms with van der Waals surface area (Å²) in [6.07, 6.45) is 1.56. The number of aryl methyl sites for hydroxylation is 1. The Balaban J connectivity index is 1.33. The highest BCUT2D eigenvalue weighted by Gasteiger charge is 2.12. The van der Waals surface area contributed by atoms with Gasteiger partial charge in [0.15, 0.2) is 11.7 Å². The zero-order valence-electron chi connectivity index (χ0n) is 21.0. The number of rotatable bonds is 10. The van der Waals surface area contributed by atoms with E-state index < -0.39 is 5.97 Å². The molecule has 11 heteroatoms. The lowest BCUT2D eigenvalue weighted by Gasteiger charge is -2.10. The number of aromatic nitrogens is 1. The van der Waals surface area contributed by atoms with Crippen molar-refractivity contribution in [3.8, 4) is 17.0 Å². The number of nitrogens with one attached hydrogen (secondary N) is 2. The molecule has 0 aliphatic heterocycles. The first-order chi connectivity index (χ1) is 18.8. The number of nitrogens with zero attached hydrogens (tertiary/aromatic N) is 2. The van der Waals surface area contributed by atoms with Crippen molar-refractivity contribution in [1.29, 1.82) is 0 Å². The summed E-state index contributed by atoms with van der Waals surface area (Å²) in [5.41, 5.74) is 7.75. The van der Waals surface area contributed by atoms with Crippen LogP contribution < -0.4 is 15.5 Å². The molecule has 0 aliphatic rings. The number of hydrogen-bond acceptors (Lipinski definition) is 8. The minimum absolute atomic E-state index is 0.157. The number of hydrazone groups is 1. The van der Waals surface area contributed by atoms with Crippen LogP contribution in [0.15, 0.2) is 71.1 Å². The smallest absolute Gasteiger partial charge is 0.344 e. The zero-order chi connectivity index (χ0) is 27.8. The molecule has 4 aromatic rings. The number of carbonyl (C=O) groups excluding carboxylic acids is 2. The third kappa shape index (κ3) is 8.22. The second-order valence-corrected chi connectivity index (χ2v) is 11.4. The predicted octanol–water partition coefficient (Wildman–Crippen LogP) is 6.78. The van der Waals surface area contributed by atoms with E-state index in [1.54, 1.807) is 25.3 Å². The van der Waals surface area contributed by atoms with E-state index in [1.807, 2.05) is 53.9 Å². The van der Waals surface area contributed by atoms with Gasteiger partial charge in [0.2, 0.25) is 0 Å². The molecule has 1 aromatic heterocycles. The number of carbonyl (C=O) groups is 2. The number of amides is 1. The fourth-order valence-corrected chi connectivity index (χ4v) is 6.24. The van der Waals surface area contributed by atoms with Gasteiger partial charge in [-0.2, -0.15) is 5.10 Å². The van der Waals surface area contributed by atoms with Gasteiger partial charge in [0.05, 0.1) is 25.7 Å². The Morgan fingerprint density at radius 1 is 1.05 bits per heavy atom. The summed E-state index contributed by atoms with van der Waals surface area (Å²) in [7, 11) is 0. The largest absolute Gasteiger partial charge is 0.480 e. The van der Waals surface area contributed by atoms with Gasteiger partial charge in [-0.3, -0.25) is 4.79 Å². The first-order valence-corrected chi connectivity index (χ1v) is 14.9. The fourth-order valence-electron chi connectivity index (χ4n) is 3.37. The highest BCUT2D eigenvalue weighted by molar-refractivity contribution is 14.1. The Bertz CT molecular complexity index is 1470. The molecule has 0 spiro atoms.